The smallest absolute Gasteiger partial charge is 0.417 e. The molecule has 24 heavy (non-hydrogen) atoms. The maximum Gasteiger partial charge on any atom is 0.417 e. The number of anilines is 1. The van der Waals surface area contributed by atoms with Crippen molar-refractivity contribution in [1.82, 2.24) is 0 Å². The molecule has 0 saturated heterocycles. The van der Waals surface area contributed by atoms with Crippen LogP contribution in [0.5, 0.6) is 5.75 Å². The number of benzene rings is 2. The van der Waals surface area contributed by atoms with Crippen molar-refractivity contribution in [3.8, 4) is 28.2 Å². The van der Waals surface area contributed by atoms with Crippen molar-refractivity contribution in [3.63, 3.8) is 0 Å². The van der Waals surface area contributed by atoms with Crippen LogP contribution in [0.1, 0.15) is 5.56 Å². The molecule has 3 nitrogen and oxygen atoms in total. The van der Waals surface area contributed by atoms with Crippen LogP contribution in [0, 0.1) is 0 Å². The van der Waals surface area contributed by atoms with Crippen molar-refractivity contribution in [2.24, 2.45) is 0 Å². The van der Waals surface area contributed by atoms with E-state index in [1.165, 1.54) is 12.1 Å². The third-order valence-electron chi connectivity index (χ3n) is 3.52. The van der Waals surface area contributed by atoms with E-state index >= 15 is 0 Å². The topological polar surface area (TPSA) is 59.4 Å². The maximum absolute atomic E-state index is 13.1. The summed E-state index contributed by atoms with van der Waals surface area (Å²) in [5, 5.41) is 10.5. The number of aromatic hydroxyl groups is 1. The van der Waals surface area contributed by atoms with E-state index in [-0.39, 0.29) is 33.0 Å². The van der Waals surface area contributed by atoms with Crippen LogP contribution in [0.15, 0.2) is 57.4 Å². The summed E-state index contributed by atoms with van der Waals surface area (Å²) in [6.07, 6.45) is -4.54. The Bertz CT molecular complexity index is 889. The van der Waals surface area contributed by atoms with Gasteiger partial charge in [0.2, 0.25) is 5.88 Å². The molecule has 0 aliphatic carbocycles. The van der Waals surface area contributed by atoms with Crippen LogP contribution in [-0.2, 0) is 6.18 Å². The van der Waals surface area contributed by atoms with E-state index in [1.807, 2.05) is 0 Å². The zero-order chi connectivity index (χ0) is 17.5. The summed E-state index contributed by atoms with van der Waals surface area (Å²) in [7, 11) is 0. The number of halogens is 4. The molecule has 124 valence electrons. The molecule has 7 heteroatoms. The molecule has 0 saturated carbocycles. The number of alkyl halides is 3. The van der Waals surface area contributed by atoms with Crippen LogP contribution >= 0.6 is 15.9 Å². The van der Waals surface area contributed by atoms with E-state index in [0.29, 0.717) is 5.56 Å². The Hall–Kier alpha value is -2.41. The van der Waals surface area contributed by atoms with Crippen molar-refractivity contribution >= 4 is 21.8 Å². The van der Waals surface area contributed by atoms with E-state index in [0.717, 1.165) is 6.07 Å². The minimum absolute atomic E-state index is 0.0202. The summed E-state index contributed by atoms with van der Waals surface area (Å²) in [5.41, 5.74) is 5.64. The van der Waals surface area contributed by atoms with Gasteiger partial charge < -0.3 is 15.3 Å². The largest absolute Gasteiger partial charge is 0.504 e. The Morgan fingerprint density at radius 1 is 1.00 bits per heavy atom. The Kier molecular flexibility index (Phi) is 4.04. The van der Waals surface area contributed by atoms with E-state index in [4.69, 9.17) is 10.2 Å². The second-order valence-electron chi connectivity index (χ2n) is 5.05. The lowest BCUT2D eigenvalue weighted by Gasteiger charge is -2.12. The monoisotopic (exact) mass is 397 g/mol. The molecule has 0 spiro atoms. The van der Waals surface area contributed by atoms with E-state index in [1.54, 1.807) is 30.3 Å². The molecule has 3 aromatic rings. The van der Waals surface area contributed by atoms with E-state index < -0.39 is 11.7 Å². The minimum atomic E-state index is -4.54. The summed E-state index contributed by atoms with van der Waals surface area (Å²) in [5.74, 6) is -0.363. The van der Waals surface area contributed by atoms with Crippen molar-refractivity contribution in [2.75, 3.05) is 5.73 Å². The molecular formula is C17H11BrF3NO2. The van der Waals surface area contributed by atoms with Gasteiger partial charge in [-0.1, -0.05) is 42.5 Å². The first-order valence-electron chi connectivity index (χ1n) is 6.83. The number of nitrogen functional groups attached to an aromatic ring is 1. The molecular weight excluding hydrogens is 387 g/mol. The third-order valence-corrected chi connectivity index (χ3v) is 4.37. The predicted molar refractivity (Wildman–Crippen MR) is 88.4 cm³/mol. The fourth-order valence-electron chi connectivity index (χ4n) is 2.43. The zero-order valence-electron chi connectivity index (χ0n) is 12.1. The van der Waals surface area contributed by atoms with Crippen LogP contribution in [0.2, 0.25) is 0 Å². The van der Waals surface area contributed by atoms with E-state index in [9.17, 15) is 18.3 Å². The van der Waals surface area contributed by atoms with Gasteiger partial charge in [0.25, 0.3) is 0 Å². The summed E-state index contributed by atoms with van der Waals surface area (Å²) in [6, 6.07) is 12.3. The number of hydrogen-bond acceptors (Lipinski definition) is 3. The van der Waals surface area contributed by atoms with Crippen LogP contribution in [0.25, 0.3) is 22.5 Å². The van der Waals surface area contributed by atoms with Crippen LogP contribution < -0.4 is 5.73 Å². The highest BCUT2D eigenvalue weighted by molar-refractivity contribution is 9.10. The summed E-state index contributed by atoms with van der Waals surface area (Å²) in [6.45, 7) is 0. The van der Waals surface area contributed by atoms with Gasteiger partial charge in [-0.3, -0.25) is 0 Å². The third kappa shape index (κ3) is 2.75. The molecule has 1 heterocycles. The molecule has 3 N–H and O–H groups in total. The molecule has 0 amide bonds. The fraction of sp³-hybridized carbons (Fsp3) is 0.0588. The molecule has 0 aliphatic heterocycles. The van der Waals surface area contributed by atoms with Gasteiger partial charge in [0.15, 0.2) is 11.5 Å². The van der Waals surface area contributed by atoms with Gasteiger partial charge in [-0.2, -0.15) is 13.2 Å². The van der Waals surface area contributed by atoms with Gasteiger partial charge in [0.05, 0.1) is 11.1 Å². The van der Waals surface area contributed by atoms with Crippen LogP contribution in [-0.4, -0.2) is 5.11 Å². The zero-order valence-corrected chi connectivity index (χ0v) is 13.6. The summed E-state index contributed by atoms with van der Waals surface area (Å²) < 4.78 is 44.4. The fourth-order valence-corrected chi connectivity index (χ4v) is 3.12. The van der Waals surface area contributed by atoms with Crippen LogP contribution in [0.3, 0.4) is 0 Å². The van der Waals surface area contributed by atoms with Gasteiger partial charge in [0.1, 0.15) is 0 Å². The molecule has 0 radical (unpaired) electrons. The number of nitrogens with two attached hydrogens (primary N) is 1. The molecule has 3 rings (SSSR count). The number of rotatable bonds is 2. The highest BCUT2D eigenvalue weighted by atomic mass is 79.9. The Balaban J connectivity index is 2.21. The maximum atomic E-state index is 13.1. The number of furan rings is 1. The summed E-state index contributed by atoms with van der Waals surface area (Å²) >= 11 is 2.96. The normalized spacial score (nSPS) is 11.7. The lowest BCUT2D eigenvalue weighted by molar-refractivity contribution is -0.138. The molecule has 0 atom stereocenters. The standard InChI is InChI=1S/C17H11BrF3NO2/c18-13-10(7-4-8-11(13)17(19,20)21)12-14(23)15(24-16(12)22)9-5-2-1-3-6-9/h1-8,23H,22H2. The molecule has 2 aromatic carbocycles. The minimum Gasteiger partial charge on any atom is -0.504 e. The van der Waals surface area contributed by atoms with Crippen molar-refractivity contribution in [2.45, 2.75) is 6.18 Å². The van der Waals surface area contributed by atoms with Crippen molar-refractivity contribution in [3.05, 3.63) is 58.6 Å². The lowest BCUT2D eigenvalue weighted by Crippen LogP contribution is -2.06. The summed E-state index contributed by atoms with van der Waals surface area (Å²) in [4.78, 5) is 0. The Morgan fingerprint density at radius 2 is 1.67 bits per heavy atom. The average molecular weight is 398 g/mol. The van der Waals surface area contributed by atoms with Gasteiger partial charge in [0, 0.05) is 15.6 Å². The first-order valence-corrected chi connectivity index (χ1v) is 7.62. The predicted octanol–water partition coefficient (Wildman–Crippen LogP) is 5.68. The first-order chi connectivity index (χ1) is 11.3. The quantitative estimate of drug-likeness (QED) is 0.584. The SMILES string of the molecule is Nc1oc(-c2ccccc2)c(O)c1-c1cccc(C(F)(F)F)c1Br. The van der Waals surface area contributed by atoms with Gasteiger partial charge >= 0.3 is 6.18 Å². The van der Waals surface area contributed by atoms with Gasteiger partial charge in [-0.25, -0.2) is 0 Å². The second-order valence-corrected chi connectivity index (χ2v) is 5.84. The van der Waals surface area contributed by atoms with Gasteiger partial charge in [-0.15, -0.1) is 0 Å². The highest BCUT2D eigenvalue weighted by Crippen LogP contribution is 2.49. The number of hydrogen-bond donors (Lipinski definition) is 2. The Morgan fingerprint density at radius 3 is 2.29 bits per heavy atom. The molecule has 0 fully saturated rings. The molecule has 0 aliphatic rings. The van der Waals surface area contributed by atoms with E-state index in [2.05, 4.69) is 15.9 Å². The Labute approximate surface area is 143 Å². The van der Waals surface area contributed by atoms with Gasteiger partial charge in [-0.05, 0) is 22.0 Å². The second kappa shape index (κ2) is 5.90. The lowest BCUT2D eigenvalue weighted by atomic mass is 10.0. The molecule has 0 unspecified atom stereocenters. The van der Waals surface area contributed by atoms with Crippen LogP contribution in [0.4, 0.5) is 19.1 Å². The molecule has 1 aromatic heterocycles. The van der Waals surface area contributed by atoms with Crippen molar-refractivity contribution < 1.29 is 22.7 Å². The first kappa shape index (κ1) is 16.4. The highest BCUT2D eigenvalue weighted by Gasteiger charge is 2.35. The average Bonchev–Trinajstić information content (AvgIpc) is 2.82. The van der Waals surface area contributed by atoms with Crippen molar-refractivity contribution in [1.29, 1.82) is 0 Å². The molecule has 0 bridgehead atoms.